The Labute approximate surface area is 194 Å². The van der Waals surface area contributed by atoms with Gasteiger partial charge < -0.3 is 9.47 Å². The summed E-state index contributed by atoms with van der Waals surface area (Å²) in [7, 11) is -3.65. The Morgan fingerprint density at radius 3 is 2.69 bits per heavy atom. The molecule has 1 atom stereocenters. The van der Waals surface area contributed by atoms with Gasteiger partial charge in [0.1, 0.15) is 5.75 Å². The van der Waals surface area contributed by atoms with Gasteiger partial charge in [0.05, 0.1) is 17.6 Å². The maximum Gasteiger partial charge on any atom is 0.243 e. The molecule has 0 spiro atoms. The van der Waals surface area contributed by atoms with E-state index in [1.165, 1.54) is 4.88 Å². The van der Waals surface area contributed by atoms with Gasteiger partial charge >= 0.3 is 0 Å². The van der Waals surface area contributed by atoms with Crippen LogP contribution in [0.5, 0.6) is 5.75 Å². The van der Waals surface area contributed by atoms with E-state index in [9.17, 15) is 8.42 Å². The minimum Gasteiger partial charge on any atom is -0.493 e. The molecule has 0 N–H and O–H groups in total. The number of hydrogen-bond acceptors (Lipinski definition) is 5. The molecule has 0 bridgehead atoms. The molecule has 2 aromatic carbocycles. The van der Waals surface area contributed by atoms with Crippen molar-refractivity contribution in [1.29, 1.82) is 0 Å². The standard InChI is InChI=1S/C25H29NO4S2/c1-20-9-11-25(12-10-20)32(27,28)26(19-23-7-3-14-29-23)18-21-5-2-6-22(17-21)30-15-13-24-8-4-16-31-24/h2,4-6,8-12,16-17,23H,3,7,13-15,18-19H2,1H3/t23-/m1/s1. The molecule has 0 radical (unpaired) electrons. The van der Waals surface area contributed by atoms with Crippen molar-refractivity contribution in [3.8, 4) is 5.75 Å². The van der Waals surface area contributed by atoms with Crippen LogP contribution in [0.15, 0.2) is 70.9 Å². The van der Waals surface area contributed by atoms with Gasteiger partial charge in [0.15, 0.2) is 0 Å². The molecule has 0 amide bonds. The van der Waals surface area contributed by atoms with Crippen molar-refractivity contribution < 1.29 is 17.9 Å². The van der Waals surface area contributed by atoms with Gasteiger partial charge in [0, 0.05) is 31.0 Å². The lowest BCUT2D eigenvalue weighted by Crippen LogP contribution is -2.37. The van der Waals surface area contributed by atoms with Crippen LogP contribution in [0.25, 0.3) is 0 Å². The summed E-state index contributed by atoms with van der Waals surface area (Å²) < 4.78 is 40.2. The van der Waals surface area contributed by atoms with Crippen molar-refractivity contribution >= 4 is 21.4 Å². The molecule has 1 fully saturated rings. The first-order valence-corrected chi connectivity index (χ1v) is 13.3. The highest BCUT2D eigenvalue weighted by Gasteiger charge is 2.29. The molecule has 1 aliphatic heterocycles. The van der Waals surface area contributed by atoms with Crippen molar-refractivity contribution in [2.75, 3.05) is 19.8 Å². The van der Waals surface area contributed by atoms with E-state index in [2.05, 4.69) is 11.4 Å². The zero-order chi connectivity index (χ0) is 22.4. The van der Waals surface area contributed by atoms with Gasteiger partial charge in [-0.15, -0.1) is 11.3 Å². The molecule has 32 heavy (non-hydrogen) atoms. The third-order valence-electron chi connectivity index (χ3n) is 5.54. The lowest BCUT2D eigenvalue weighted by molar-refractivity contribution is 0.0926. The van der Waals surface area contributed by atoms with Crippen LogP contribution in [-0.2, 0) is 27.7 Å². The van der Waals surface area contributed by atoms with Crippen LogP contribution in [0.3, 0.4) is 0 Å². The van der Waals surface area contributed by atoms with E-state index < -0.39 is 10.0 Å². The average Bonchev–Trinajstić information content (AvgIpc) is 3.48. The molecule has 7 heteroatoms. The topological polar surface area (TPSA) is 55.8 Å². The summed E-state index contributed by atoms with van der Waals surface area (Å²) in [6.07, 6.45) is 2.64. The smallest absolute Gasteiger partial charge is 0.243 e. The van der Waals surface area contributed by atoms with Gasteiger partial charge in [-0.2, -0.15) is 4.31 Å². The zero-order valence-corrected chi connectivity index (χ0v) is 19.9. The maximum absolute atomic E-state index is 13.5. The number of ether oxygens (including phenoxy) is 2. The summed E-state index contributed by atoms with van der Waals surface area (Å²) >= 11 is 1.72. The Kier molecular flexibility index (Phi) is 7.63. The van der Waals surface area contributed by atoms with E-state index in [-0.39, 0.29) is 12.6 Å². The van der Waals surface area contributed by atoms with E-state index in [0.717, 1.165) is 36.1 Å². The highest BCUT2D eigenvalue weighted by atomic mass is 32.2. The Hall–Kier alpha value is -2.19. The van der Waals surface area contributed by atoms with Crippen LogP contribution >= 0.6 is 11.3 Å². The Morgan fingerprint density at radius 2 is 1.97 bits per heavy atom. The molecule has 4 rings (SSSR count). The van der Waals surface area contributed by atoms with Crippen molar-refractivity contribution in [2.24, 2.45) is 0 Å². The molecule has 170 valence electrons. The van der Waals surface area contributed by atoms with Gasteiger partial charge in [-0.1, -0.05) is 35.9 Å². The normalized spacial score (nSPS) is 16.5. The fraction of sp³-hybridized carbons (Fsp3) is 0.360. The maximum atomic E-state index is 13.5. The third kappa shape index (κ3) is 5.98. The number of benzene rings is 2. The largest absolute Gasteiger partial charge is 0.493 e. The number of aryl methyl sites for hydroxylation is 1. The van der Waals surface area contributed by atoms with Gasteiger partial charge in [0.2, 0.25) is 10.0 Å². The highest BCUT2D eigenvalue weighted by molar-refractivity contribution is 7.89. The van der Waals surface area contributed by atoms with Crippen molar-refractivity contribution in [3.63, 3.8) is 0 Å². The summed E-state index contributed by atoms with van der Waals surface area (Å²) in [6.45, 7) is 3.85. The summed E-state index contributed by atoms with van der Waals surface area (Å²) in [5.74, 6) is 0.754. The van der Waals surface area contributed by atoms with E-state index >= 15 is 0 Å². The van der Waals surface area contributed by atoms with Crippen LogP contribution in [0, 0.1) is 6.92 Å². The number of hydrogen-bond donors (Lipinski definition) is 0. The minimum absolute atomic E-state index is 0.0690. The average molecular weight is 472 g/mol. The fourth-order valence-electron chi connectivity index (χ4n) is 3.78. The van der Waals surface area contributed by atoms with Crippen molar-refractivity contribution in [1.82, 2.24) is 4.31 Å². The second-order valence-corrected chi connectivity index (χ2v) is 11.0. The highest BCUT2D eigenvalue weighted by Crippen LogP contribution is 2.24. The molecule has 1 aliphatic rings. The van der Waals surface area contributed by atoms with Crippen molar-refractivity contribution in [3.05, 3.63) is 82.0 Å². The molecule has 2 heterocycles. The Morgan fingerprint density at radius 1 is 1.12 bits per heavy atom. The lowest BCUT2D eigenvalue weighted by Gasteiger charge is -2.25. The first-order valence-electron chi connectivity index (χ1n) is 10.9. The summed E-state index contributed by atoms with van der Waals surface area (Å²) in [4.78, 5) is 1.59. The molecule has 3 aromatic rings. The predicted octanol–water partition coefficient (Wildman–Crippen LogP) is 5.05. The number of nitrogens with zero attached hydrogens (tertiary/aromatic N) is 1. The van der Waals surface area contributed by atoms with Gasteiger partial charge in [0.25, 0.3) is 0 Å². The van der Waals surface area contributed by atoms with Gasteiger partial charge in [-0.25, -0.2) is 8.42 Å². The Bertz CT molecular complexity index is 1090. The van der Waals surface area contributed by atoms with E-state index in [1.807, 2.05) is 49.4 Å². The first-order chi connectivity index (χ1) is 15.5. The van der Waals surface area contributed by atoms with Gasteiger partial charge in [-0.05, 0) is 61.0 Å². The van der Waals surface area contributed by atoms with E-state index in [4.69, 9.17) is 9.47 Å². The summed E-state index contributed by atoms with van der Waals surface area (Å²) in [5, 5.41) is 2.06. The molecule has 1 aromatic heterocycles. The van der Waals surface area contributed by atoms with Gasteiger partial charge in [-0.3, -0.25) is 0 Å². The molecule has 0 saturated carbocycles. The summed E-state index contributed by atoms with van der Waals surface area (Å²) in [6, 6.07) is 18.9. The Balaban J connectivity index is 1.49. The van der Waals surface area contributed by atoms with E-state index in [0.29, 0.717) is 24.7 Å². The third-order valence-corrected chi connectivity index (χ3v) is 8.31. The minimum atomic E-state index is -3.65. The molecule has 5 nitrogen and oxygen atoms in total. The van der Waals surface area contributed by atoms with Crippen molar-refractivity contribution in [2.45, 2.75) is 43.7 Å². The second-order valence-electron chi connectivity index (χ2n) is 8.07. The number of thiophene rings is 1. The SMILES string of the molecule is Cc1ccc(S(=O)(=O)N(Cc2cccc(OCCc3cccs3)c2)C[C@H]2CCCO2)cc1. The molecular formula is C25H29NO4S2. The quantitative estimate of drug-likeness (QED) is 0.415. The van der Waals surface area contributed by atoms with Crippen LogP contribution in [0.2, 0.25) is 0 Å². The predicted molar refractivity (Wildman–Crippen MR) is 128 cm³/mol. The lowest BCUT2D eigenvalue weighted by atomic mass is 10.2. The second kappa shape index (κ2) is 10.6. The number of rotatable bonds is 10. The van der Waals surface area contributed by atoms with Crippen LogP contribution < -0.4 is 4.74 Å². The monoisotopic (exact) mass is 471 g/mol. The molecule has 0 aliphatic carbocycles. The molecular weight excluding hydrogens is 442 g/mol. The van der Waals surface area contributed by atoms with Crippen LogP contribution in [-0.4, -0.2) is 38.6 Å². The first kappa shape index (κ1) is 23.0. The van der Waals surface area contributed by atoms with E-state index in [1.54, 1.807) is 27.8 Å². The summed E-state index contributed by atoms with van der Waals surface area (Å²) in [5.41, 5.74) is 1.93. The van der Waals surface area contributed by atoms with Crippen LogP contribution in [0.4, 0.5) is 0 Å². The zero-order valence-electron chi connectivity index (χ0n) is 18.3. The van der Waals surface area contributed by atoms with Crippen LogP contribution in [0.1, 0.15) is 28.8 Å². The molecule has 0 unspecified atom stereocenters. The number of sulfonamides is 1. The molecule has 1 saturated heterocycles. The fourth-order valence-corrected chi connectivity index (χ4v) is 5.93.